The summed E-state index contributed by atoms with van der Waals surface area (Å²) in [5.74, 6) is -2.17. The Labute approximate surface area is 89.9 Å². The van der Waals surface area contributed by atoms with Crippen molar-refractivity contribution in [1.82, 2.24) is 4.98 Å². The van der Waals surface area contributed by atoms with Crippen LogP contribution in [0.2, 0.25) is 0 Å². The summed E-state index contributed by atoms with van der Waals surface area (Å²) in [4.78, 5) is 14.4. The van der Waals surface area contributed by atoms with Crippen molar-refractivity contribution >= 4 is 5.97 Å². The Morgan fingerprint density at radius 1 is 1.56 bits per heavy atom. The van der Waals surface area contributed by atoms with Crippen molar-refractivity contribution in [1.29, 1.82) is 0 Å². The molecule has 0 aliphatic heterocycles. The number of nitrogens with zero attached hydrogens (tertiary/aromatic N) is 1. The highest BCUT2D eigenvalue weighted by Gasteiger charge is 2.32. The summed E-state index contributed by atoms with van der Waals surface area (Å²) in [5, 5.41) is 8.80. The number of rotatable bonds is 3. The number of halogens is 3. The second-order valence-electron chi connectivity index (χ2n) is 3.27. The Morgan fingerprint density at radius 2 is 2.19 bits per heavy atom. The standard InChI is InChI=1S/C10H10F3NO2/c1-2-7(9(15)16)8-5-6(3-4-14-8)10(11,12)13/h3-5,7H,2H2,1H3,(H,15,16). The van der Waals surface area contributed by atoms with Crippen LogP contribution in [-0.4, -0.2) is 16.1 Å². The highest BCUT2D eigenvalue weighted by molar-refractivity contribution is 5.75. The van der Waals surface area contributed by atoms with Crippen molar-refractivity contribution in [3.05, 3.63) is 29.6 Å². The van der Waals surface area contributed by atoms with E-state index in [9.17, 15) is 18.0 Å². The zero-order valence-corrected chi connectivity index (χ0v) is 8.45. The highest BCUT2D eigenvalue weighted by atomic mass is 19.4. The number of carbonyl (C=O) groups is 1. The van der Waals surface area contributed by atoms with Crippen LogP contribution in [-0.2, 0) is 11.0 Å². The smallest absolute Gasteiger partial charge is 0.416 e. The van der Waals surface area contributed by atoms with Gasteiger partial charge in [0.2, 0.25) is 0 Å². The molecular weight excluding hydrogens is 223 g/mol. The molecule has 88 valence electrons. The maximum atomic E-state index is 12.4. The van der Waals surface area contributed by atoms with Gasteiger partial charge in [0.1, 0.15) is 0 Å². The third-order valence-corrected chi connectivity index (χ3v) is 2.17. The molecule has 1 N–H and O–H groups in total. The maximum Gasteiger partial charge on any atom is 0.416 e. The zero-order chi connectivity index (χ0) is 12.3. The fraction of sp³-hybridized carbons (Fsp3) is 0.400. The summed E-state index contributed by atoms with van der Waals surface area (Å²) < 4.78 is 37.1. The molecule has 0 saturated heterocycles. The summed E-state index contributed by atoms with van der Waals surface area (Å²) in [6.07, 6.45) is -3.30. The monoisotopic (exact) mass is 233 g/mol. The van der Waals surface area contributed by atoms with E-state index in [1.807, 2.05) is 0 Å². The number of aliphatic carboxylic acids is 1. The van der Waals surface area contributed by atoms with Crippen molar-refractivity contribution in [3.8, 4) is 0 Å². The van der Waals surface area contributed by atoms with Gasteiger partial charge in [-0.1, -0.05) is 6.92 Å². The van der Waals surface area contributed by atoms with Crippen LogP contribution in [0.25, 0.3) is 0 Å². The van der Waals surface area contributed by atoms with E-state index in [2.05, 4.69) is 4.98 Å². The van der Waals surface area contributed by atoms with Crippen LogP contribution < -0.4 is 0 Å². The van der Waals surface area contributed by atoms with Crippen LogP contribution in [0.4, 0.5) is 13.2 Å². The molecule has 0 radical (unpaired) electrons. The molecule has 16 heavy (non-hydrogen) atoms. The number of hydrogen-bond acceptors (Lipinski definition) is 2. The predicted octanol–water partition coefficient (Wildman–Crippen LogP) is 2.68. The van der Waals surface area contributed by atoms with E-state index in [4.69, 9.17) is 5.11 Å². The van der Waals surface area contributed by atoms with Gasteiger partial charge >= 0.3 is 12.1 Å². The van der Waals surface area contributed by atoms with E-state index in [0.29, 0.717) is 0 Å². The molecule has 0 bridgehead atoms. The molecule has 1 aromatic heterocycles. The molecule has 6 heteroatoms. The topological polar surface area (TPSA) is 50.2 Å². The fourth-order valence-corrected chi connectivity index (χ4v) is 1.33. The van der Waals surface area contributed by atoms with Gasteiger partial charge in [0.05, 0.1) is 17.2 Å². The number of hydrogen-bond donors (Lipinski definition) is 1. The van der Waals surface area contributed by atoms with Gasteiger partial charge in [-0.3, -0.25) is 9.78 Å². The molecule has 0 spiro atoms. The number of aromatic nitrogens is 1. The summed E-state index contributed by atoms with van der Waals surface area (Å²) >= 11 is 0. The molecule has 1 rings (SSSR count). The molecule has 0 fully saturated rings. The summed E-state index contributed by atoms with van der Waals surface area (Å²) in [5.41, 5.74) is -0.943. The second kappa shape index (κ2) is 4.51. The molecule has 0 amide bonds. The van der Waals surface area contributed by atoms with Crippen molar-refractivity contribution in [2.75, 3.05) is 0 Å². The second-order valence-corrected chi connectivity index (χ2v) is 3.27. The molecule has 0 aliphatic rings. The maximum absolute atomic E-state index is 12.4. The van der Waals surface area contributed by atoms with Crippen LogP contribution in [0.1, 0.15) is 30.5 Å². The van der Waals surface area contributed by atoms with Gasteiger partial charge in [-0.05, 0) is 18.6 Å². The molecular formula is C10H10F3NO2. The SMILES string of the molecule is CCC(C(=O)O)c1cc(C(F)(F)F)ccn1. The highest BCUT2D eigenvalue weighted by Crippen LogP contribution is 2.30. The van der Waals surface area contributed by atoms with Crippen molar-refractivity contribution in [2.24, 2.45) is 0 Å². The van der Waals surface area contributed by atoms with Crippen LogP contribution in [0.5, 0.6) is 0 Å². The van der Waals surface area contributed by atoms with E-state index < -0.39 is 23.6 Å². The normalized spacial score (nSPS) is 13.5. The summed E-state index contributed by atoms with van der Waals surface area (Å²) in [6.45, 7) is 1.58. The lowest BCUT2D eigenvalue weighted by Gasteiger charge is -2.12. The lowest BCUT2D eigenvalue weighted by atomic mass is 10.0. The molecule has 1 aromatic rings. The van der Waals surface area contributed by atoms with Crippen molar-refractivity contribution in [2.45, 2.75) is 25.4 Å². The Balaban J connectivity index is 3.11. The zero-order valence-electron chi connectivity index (χ0n) is 8.45. The van der Waals surface area contributed by atoms with E-state index in [-0.39, 0.29) is 12.1 Å². The molecule has 3 nitrogen and oxygen atoms in total. The Bertz CT molecular complexity index is 390. The van der Waals surface area contributed by atoms with E-state index in [1.165, 1.54) is 0 Å². The third kappa shape index (κ3) is 2.71. The Hall–Kier alpha value is -1.59. The van der Waals surface area contributed by atoms with Crippen LogP contribution in [0.3, 0.4) is 0 Å². The molecule has 1 atom stereocenters. The minimum absolute atomic E-state index is 0.0650. The first-order valence-corrected chi connectivity index (χ1v) is 4.62. The minimum atomic E-state index is -4.48. The van der Waals surface area contributed by atoms with Crippen LogP contribution >= 0.6 is 0 Å². The Kier molecular flexibility index (Phi) is 3.51. The fourth-order valence-electron chi connectivity index (χ4n) is 1.33. The van der Waals surface area contributed by atoms with Crippen LogP contribution in [0.15, 0.2) is 18.3 Å². The van der Waals surface area contributed by atoms with Gasteiger partial charge in [-0.25, -0.2) is 0 Å². The van der Waals surface area contributed by atoms with E-state index in [0.717, 1.165) is 18.3 Å². The third-order valence-electron chi connectivity index (χ3n) is 2.17. The van der Waals surface area contributed by atoms with E-state index >= 15 is 0 Å². The van der Waals surface area contributed by atoms with E-state index in [1.54, 1.807) is 6.92 Å². The molecule has 1 heterocycles. The quantitative estimate of drug-likeness (QED) is 0.873. The largest absolute Gasteiger partial charge is 0.481 e. The molecule has 0 aliphatic carbocycles. The number of alkyl halides is 3. The predicted molar refractivity (Wildman–Crippen MR) is 49.9 cm³/mol. The van der Waals surface area contributed by atoms with Crippen LogP contribution in [0, 0.1) is 0 Å². The van der Waals surface area contributed by atoms with Gasteiger partial charge in [-0.15, -0.1) is 0 Å². The van der Waals surface area contributed by atoms with Gasteiger partial charge in [0.25, 0.3) is 0 Å². The first kappa shape index (κ1) is 12.5. The lowest BCUT2D eigenvalue weighted by molar-refractivity contribution is -0.140. The molecule has 0 saturated carbocycles. The van der Waals surface area contributed by atoms with Gasteiger partial charge in [-0.2, -0.15) is 13.2 Å². The van der Waals surface area contributed by atoms with Crippen molar-refractivity contribution in [3.63, 3.8) is 0 Å². The average molecular weight is 233 g/mol. The average Bonchev–Trinajstić information content (AvgIpc) is 2.17. The summed E-state index contributed by atoms with van der Waals surface area (Å²) in [7, 11) is 0. The first-order chi connectivity index (χ1) is 7.36. The van der Waals surface area contributed by atoms with Gasteiger partial charge in [0, 0.05) is 6.20 Å². The number of pyridine rings is 1. The number of carboxylic acids is 1. The molecule has 1 unspecified atom stereocenters. The Morgan fingerprint density at radius 3 is 2.62 bits per heavy atom. The minimum Gasteiger partial charge on any atom is -0.481 e. The van der Waals surface area contributed by atoms with Gasteiger partial charge < -0.3 is 5.11 Å². The van der Waals surface area contributed by atoms with Crippen molar-refractivity contribution < 1.29 is 23.1 Å². The molecule has 0 aromatic carbocycles. The van der Waals surface area contributed by atoms with Gasteiger partial charge in [0.15, 0.2) is 0 Å². The lowest BCUT2D eigenvalue weighted by Crippen LogP contribution is -2.14. The number of carboxylic acid groups (broad SMARTS) is 1. The summed E-state index contributed by atoms with van der Waals surface area (Å²) in [6, 6.07) is 1.60. The first-order valence-electron chi connectivity index (χ1n) is 4.62.